The summed E-state index contributed by atoms with van der Waals surface area (Å²) in [6, 6.07) is 10.7. The lowest BCUT2D eigenvalue weighted by Gasteiger charge is -2.41. The van der Waals surface area contributed by atoms with Gasteiger partial charge in [0.05, 0.1) is 16.3 Å². The normalized spacial score (nSPS) is 17.6. The average molecular weight is 412 g/mol. The maximum Gasteiger partial charge on any atom is 0.416 e. The maximum atomic E-state index is 12.9. The van der Waals surface area contributed by atoms with E-state index in [1.165, 1.54) is 5.56 Å². The maximum absolute atomic E-state index is 12.9. The van der Waals surface area contributed by atoms with Crippen molar-refractivity contribution in [3.8, 4) is 0 Å². The largest absolute Gasteiger partial charge is 0.416 e. The van der Waals surface area contributed by atoms with Crippen molar-refractivity contribution in [2.24, 2.45) is 0 Å². The van der Waals surface area contributed by atoms with Crippen molar-refractivity contribution >= 4 is 29.0 Å². The number of aryl methyl sites for hydroxylation is 1. The molecule has 2 amide bonds. The van der Waals surface area contributed by atoms with E-state index in [1.807, 2.05) is 38.1 Å². The number of urea groups is 1. The van der Waals surface area contributed by atoms with Gasteiger partial charge in [0.1, 0.15) is 0 Å². The van der Waals surface area contributed by atoms with Crippen LogP contribution < -0.4 is 10.2 Å². The van der Waals surface area contributed by atoms with E-state index in [1.54, 1.807) is 4.90 Å². The lowest BCUT2D eigenvalue weighted by Crippen LogP contribution is -2.54. The predicted molar refractivity (Wildman–Crippen MR) is 105 cm³/mol. The number of nitrogens with zero attached hydrogens (tertiary/aromatic N) is 2. The van der Waals surface area contributed by atoms with Crippen LogP contribution in [0.4, 0.5) is 29.3 Å². The molecule has 0 unspecified atom stereocenters. The summed E-state index contributed by atoms with van der Waals surface area (Å²) in [4.78, 5) is 16.4. The van der Waals surface area contributed by atoms with E-state index in [-0.39, 0.29) is 16.8 Å². The van der Waals surface area contributed by atoms with Gasteiger partial charge in [-0.3, -0.25) is 0 Å². The highest BCUT2D eigenvalue weighted by Gasteiger charge is 2.32. The standard InChI is InChI=1S/C20H21ClF3N3O/c1-13-3-6-16(7-4-13)27-10-9-26(12-14(27)2)19(28)25-18-11-15(20(22,23)24)5-8-17(18)21/h3-8,11,14H,9-10,12H2,1-2H3,(H,25,28)/t14-/m1/s1. The van der Waals surface area contributed by atoms with Gasteiger partial charge in [-0.25, -0.2) is 4.79 Å². The van der Waals surface area contributed by atoms with Gasteiger partial charge < -0.3 is 15.1 Å². The number of hydrogen-bond donors (Lipinski definition) is 1. The minimum Gasteiger partial charge on any atom is -0.365 e. The van der Waals surface area contributed by atoms with Crippen LogP contribution in [-0.4, -0.2) is 36.6 Å². The number of anilines is 2. The molecule has 1 N–H and O–H groups in total. The Morgan fingerprint density at radius 2 is 1.82 bits per heavy atom. The molecule has 0 spiro atoms. The molecule has 0 bridgehead atoms. The average Bonchev–Trinajstić information content (AvgIpc) is 2.63. The van der Waals surface area contributed by atoms with Gasteiger partial charge in [0.25, 0.3) is 0 Å². The van der Waals surface area contributed by atoms with Crippen molar-refractivity contribution in [1.82, 2.24) is 4.90 Å². The Labute approximate surface area is 166 Å². The van der Waals surface area contributed by atoms with E-state index in [2.05, 4.69) is 10.2 Å². The highest BCUT2D eigenvalue weighted by molar-refractivity contribution is 6.33. The number of piperazine rings is 1. The van der Waals surface area contributed by atoms with Crippen LogP contribution in [0.25, 0.3) is 0 Å². The summed E-state index contributed by atoms with van der Waals surface area (Å²) in [7, 11) is 0. The molecule has 8 heteroatoms. The van der Waals surface area contributed by atoms with Gasteiger partial charge in [-0.2, -0.15) is 13.2 Å². The molecule has 150 valence electrons. The van der Waals surface area contributed by atoms with E-state index < -0.39 is 17.8 Å². The van der Waals surface area contributed by atoms with Crippen molar-refractivity contribution < 1.29 is 18.0 Å². The van der Waals surface area contributed by atoms with Crippen LogP contribution in [-0.2, 0) is 6.18 Å². The lowest BCUT2D eigenvalue weighted by atomic mass is 10.1. The summed E-state index contributed by atoms with van der Waals surface area (Å²) in [6.45, 7) is 5.58. The number of carbonyl (C=O) groups is 1. The Morgan fingerprint density at radius 3 is 2.43 bits per heavy atom. The minimum absolute atomic E-state index is 0.0462. The Kier molecular flexibility index (Phi) is 5.74. The van der Waals surface area contributed by atoms with Crippen molar-refractivity contribution in [1.29, 1.82) is 0 Å². The summed E-state index contributed by atoms with van der Waals surface area (Å²) in [6.07, 6.45) is -4.50. The minimum atomic E-state index is -4.50. The zero-order valence-corrected chi connectivity index (χ0v) is 16.3. The molecule has 1 aliphatic rings. The fraction of sp³-hybridized carbons (Fsp3) is 0.350. The van der Waals surface area contributed by atoms with Crippen LogP contribution in [0, 0.1) is 6.92 Å². The molecule has 2 aromatic rings. The van der Waals surface area contributed by atoms with E-state index in [0.29, 0.717) is 19.6 Å². The molecule has 1 saturated heterocycles. The predicted octanol–water partition coefficient (Wildman–Crippen LogP) is 5.41. The van der Waals surface area contributed by atoms with Gasteiger partial charge in [0, 0.05) is 31.4 Å². The van der Waals surface area contributed by atoms with Gasteiger partial charge in [-0.05, 0) is 44.2 Å². The quantitative estimate of drug-likeness (QED) is 0.717. The molecule has 2 aromatic carbocycles. The monoisotopic (exact) mass is 411 g/mol. The van der Waals surface area contributed by atoms with Crippen LogP contribution in [0.2, 0.25) is 5.02 Å². The molecule has 0 aliphatic carbocycles. The molecule has 1 aliphatic heterocycles. The summed E-state index contributed by atoms with van der Waals surface area (Å²) in [5, 5.41) is 2.57. The molecule has 0 saturated carbocycles. The molecule has 1 heterocycles. The number of nitrogens with one attached hydrogen (secondary N) is 1. The van der Waals surface area contributed by atoms with Crippen molar-refractivity contribution in [2.45, 2.75) is 26.1 Å². The molecular weight excluding hydrogens is 391 g/mol. The Morgan fingerprint density at radius 1 is 1.14 bits per heavy atom. The Bertz CT molecular complexity index is 855. The molecule has 4 nitrogen and oxygen atoms in total. The molecule has 28 heavy (non-hydrogen) atoms. The Hall–Kier alpha value is -2.41. The first-order valence-corrected chi connectivity index (χ1v) is 9.29. The van der Waals surface area contributed by atoms with Gasteiger partial charge in [-0.1, -0.05) is 29.3 Å². The van der Waals surface area contributed by atoms with Crippen molar-refractivity contribution in [3.63, 3.8) is 0 Å². The van der Waals surface area contributed by atoms with Gasteiger partial charge in [0.2, 0.25) is 0 Å². The fourth-order valence-corrected chi connectivity index (χ4v) is 3.42. The number of carbonyl (C=O) groups excluding carboxylic acids is 1. The third kappa shape index (κ3) is 4.52. The summed E-state index contributed by atoms with van der Waals surface area (Å²) in [5.41, 5.74) is 1.35. The SMILES string of the molecule is Cc1ccc(N2CCN(C(=O)Nc3cc(C(F)(F)F)ccc3Cl)C[C@H]2C)cc1. The van der Waals surface area contributed by atoms with Crippen molar-refractivity contribution in [3.05, 3.63) is 58.6 Å². The second-order valence-electron chi connectivity index (χ2n) is 6.95. The summed E-state index contributed by atoms with van der Waals surface area (Å²) >= 11 is 5.97. The van der Waals surface area contributed by atoms with Gasteiger partial charge in [-0.15, -0.1) is 0 Å². The number of halogens is 4. The van der Waals surface area contributed by atoms with E-state index in [9.17, 15) is 18.0 Å². The zero-order valence-electron chi connectivity index (χ0n) is 15.6. The fourth-order valence-electron chi connectivity index (χ4n) is 3.25. The molecule has 0 aromatic heterocycles. The third-order valence-corrected chi connectivity index (χ3v) is 5.15. The lowest BCUT2D eigenvalue weighted by molar-refractivity contribution is -0.137. The molecule has 3 rings (SSSR count). The third-order valence-electron chi connectivity index (χ3n) is 4.82. The Balaban J connectivity index is 1.67. The van der Waals surface area contributed by atoms with Gasteiger partial charge >= 0.3 is 12.2 Å². The molecule has 1 atom stereocenters. The van der Waals surface area contributed by atoms with Crippen LogP contribution in [0.3, 0.4) is 0 Å². The number of hydrogen-bond acceptors (Lipinski definition) is 2. The molecule has 0 radical (unpaired) electrons. The topological polar surface area (TPSA) is 35.6 Å². The van der Waals surface area contributed by atoms with E-state index >= 15 is 0 Å². The molecule has 1 fully saturated rings. The number of rotatable bonds is 2. The number of benzene rings is 2. The first kappa shape index (κ1) is 20.3. The summed E-state index contributed by atoms with van der Waals surface area (Å²) < 4.78 is 38.7. The van der Waals surface area contributed by atoms with E-state index in [4.69, 9.17) is 11.6 Å². The number of amides is 2. The van der Waals surface area contributed by atoms with Crippen LogP contribution in [0.5, 0.6) is 0 Å². The highest BCUT2D eigenvalue weighted by atomic mass is 35.5. The van der Waals surface area contributed by atoms with Crippen LogP contribution in [0.1, 0.15) is 18.1 Å². The molecular formula is C20H21ClF3N3O. The van der Waals surface area contributed by atoms with Crippen LogP contribution >= 0.6 is 11.6 Å². The zero-order chi connectivity index (χ0) is 20.5. The van der Waals surface area contributed by atoms with Crippen LogP contribution in [0.15, 0.2) is 42.5 Å². The smallest absolute Gasteiger partial charge is 0.365 e. The summed E-state index contributed by atoms with van der Waals surface area (Å²) in [5.74, 6) is 0. The van der Waals surface area contributed by atoms with E-state index in [0.717, 1.165) is 23.9 Å². The first-order valence-electron chi connectivity index (χ1n) is 8.91. The van der Waals surface area contributed by atoms with Crippen molar-refractivity contribution in [2.75, 3.05) is 29.9 Å². The number of alkyl halides is 3. The highest BCUT2D eigenvalue weighted by Crippen LogP contribution is 2.34. The van der Waals surface area contributed by atoms with Gasteiger partial charge in [0.15, 0.2) is 0 Å². The second-order valence-corrected chi connectivity index (χ2v) is 7.35. The first-order chi connectivity index (χ1) is 13.1. The second kappa shape index (κ2) is 7.91.